The van der Waals surface area contributed by atoms with Crippen molar-refractivity contribution in [3.05, 3.63) is 18.0 Å². The van der Waals surface area contributed by atoms with Gasteiger partial charge in [0.1, 0.15) is 5.60 Å². The van der Waals surface area contributed by atoms with Gasteiger partial charge in [-0.25, -0.2) is 0 Å². The van der Waals surface area contributed by atoms with Crippen molar-refractivity contribution in [2.75, 3.05) is 0 Å². The van der Waals surface area contributed by atoms with Crippen LogP contribution in [0.25, 0.3) is 0 Å². The molecule has 0 bridgehead atoms. The molecule has 1 rings (SSSR count). The summed E-state index contributed by atoms with van der Waals surface area (Å²) in [5.74, 6) is 0. The smallest absolute Gasteiger partial charge is 0.151 e. The number of carbonyl (C=O) groups excluding carboxylic acids is 1. The van der Waals surface area contributed by atoms with Gasteiger partial charge >= 0.3 is 0 Å². The zero-order chi connectivity index (χ0) is 9.90. The van der Waals surface area contributed by atoms with Crippen LogP contribution in [0, 0.1) is 0 Å². The SMILES string of the molecule is Cn1cc(CCC(C)(O)C=O)cn1. The molecule has 0 spiro atoms. The Bertz CT molecular complexity index is 292. The molecule has 0 fully saturated rings. The van der Waals surface area contributed by atoms with Gasteiger partial charge in [-0.2, -0.15) is 5.10 Å². The first-order valence-electron chi connectivity index (χ1n) is 4.20. The van der Waals surface area contributed by atoms with E-state index in [1.165, 1.54) is 6.92 Å². The molecular formula is C9H14N2O2. The number of aldehydes is 1. The van der Waals surface area contributed by atoms with Gasteiger partial charge in [0.25, 0.3) is 0 Å². The average molecular weight is 182 g/mol. The Balaban J connectivity index is 2.48. The molecule has 0 aliphatic rings. The number of carbonyl (C=O) groups is 1. The minimum atomic E-state index is -1.21. The number of hydrogen-bond donors (Lipinski definition) is 1. The van der Waals surface area contributed by atoms with E-state index in [2.05, 4.69) is 5.10 Å². The molecule has 0 aliphatic carbocycles. The van der Waals surface area contributed by atoms with E-state index in [1.54, 1.807) is 10.9 Å². The second-order valence-corrected chi connectivity index (χ2v) is 3.50. The Morgan fingerprint density at radius 1 is 1.77 bits per heavy atom. The van der Waals surface area contributed by atoms with E-state index < -0.39 is 5.60 Å². The third-order valence-corrected chi connectivity index (χ3v) is 1.93. The van der Waals surface area contributed by atoms with Crippen LogP contribution in [-0.2, 0) is 18.3 Å². The highest BCUT2D eigenvalue weighted by Crippen LogP contribution is 2.10. The van der Waals surface area contributed by atoms with Gasteiger partial charge in [-0.1, -0.05) is 0 Å². The van der Waals surface area contributed by atoms with Crippen molar-refractivity contribution in [3.63, 3.8) is 0 Å². The van der Waals surface area contributed by atoms with Gasteiger partial charge in [-0.3, -0.25) is 4.68 Å². The number of hydrogen-bond acceptors (Lipinski definition) is 3. The zero-order valence-corrected chi connectivity index (χ0v) is 7.90. The van der Waals surface area contributed by atoms with Crippen LogP contribution in [0.1, 0.15) is 18.9 Å². The molecule has 0 saturated carbocycles. The third kappa shape index (κ3) is 2.99. The molecule has 0 amide bonds. The third-order valence-electron chi connectivity index (χ3n) is 1.93. The lowest BCUT2D eigenvalue weighted by Crippen LogP contribution is -2.26. The maximum absolute atomic E-state index is 10.4. The summed E-state index contributed by atoms with van der Waals surface area (Å²) >= 11 is 0. The van der Waals surface area contributed by atoms with E-state index in [-0.39, 0.29) is 0 Å². The second-order valence-electron chi connectivity index (χ2n) is 3.50. The Kier molecular flexibility index (Phi) is 2.83. The van der Waals surface area contributed by atoms with Crippen molar-refractivity contribution in [1.82, 2.24) is 9.78 Å². The molecule has 1 aromatic heterocycles. The van der Waals surface area contributed by atoms with Crippen LogP contribution in [0.2, 0.25) is 0 Å². The van der Waals surface area contributed by atoms with E-state index in [4.69, 9.17) is 0 Å². The summed E-state index contributed by atoms with van der Waals surface area (Å²) in [6.45, 7) is 1.51. The monoisotopic (exact) mass is 182 g/mol. The molecule has 1 atom stereocenters. The van der Waals surface area contributed by atoms with Crippen LogP contribution in [0.15, 0.2) is 12.4 Å². The van der Waals surface area contributed by atoms with Crippen molar-refractivity contribution in [3.8, 4) is 0 Å². The minimum Gasteiger partial charge on any atom is -0.383 e. The largest absolute Gasteiger partial charge is 0.383 e. The molecule has 1 heterocycles. The first-order chi connectivity index (χ1) is 6.03. The summed E-state index contributed by atoms with van der Waals surface area (Å²) < 4.78 is 1.70. The molecular weight excluding hydrogens is 168 g/mol. The molecule has 0 saturated heterocycles. The first kappa shape index (κ1) is 9.92. The van der Waals surface area contributed by atoms with E-state index in [9.17, 15) is 9.90 Å². The Morgan fingerprint density at radius 3 is 2.92 bits per heavy atom. The molecule has 4 heteroatoms. The number of nitrogens with zero attached hydrogens (tertiary/aromatic N) is 2. The fourth-order valence-electron chi connectivity index (χ4n) is 1.06. The zero-order valence-electron chi connectivity index (χ0n) is 7.90. The van der Waals surface area contributed by atoms with Crippen LogP contribution in [-0.4, -0.2) is 26.8 Å². The normalized spacial score (nSPS) is 15.3. The quantitative estimate of drug-likeness (QED) is 0.681. The van der Waals surface area contributed by atoms with Gasteiger partial charge in [0.05, 0.1) is 6.20 Å². The fraction of sp³-hybridized carbons (Fsp3) is 0.556. The molecule has 13 heavy (non-hydrogen) atoms. The van der Waals surface area contributed by atoms with Gasteiger partial charge in [-0.05, 0) is 25.3 Å². The molecule has 4 nitrogen and oxygen atoms in total. The summed E-state index contributed by atoms with van der Waals surface area (Å²) in [6, 6.07) is 0. The predicted molar refractivity (Wildman–Crippen MR) is 48.2 cm³/mol. The van der Waals surface area contributed by atoms with Gasteiger partial charge in [0.15, 0.2) is 6.29 Å². The lowest BCUT2D eigenvalue weighted by molar-refractivity contribution is -0.122. The predicted octanol–water partition coefficient (Wildman–Crippen LogP) is 0.303. The van der Waals surface area contributed by atoms with E-state index in [1.807, 2.05) is 13.2 Å². The maximum Gasteiger partial charge on any atom is 0.151 e. The van der Waals surface area contributed by atoms with Crippen molar-refractivity contribution >= 4 is 6.29 Å². The van der Waals surface area contributed by atoms with Crippen LogP contribution in [0.3, 0.4) is 0 Å². The summed E-state index contributed by atoms with van der Waals surface area (Å²) in [7, 11) is 1.83. The van der Waals surface area contributed by atoms with Gasteiger partial charge in [0, 0.05) is 13.2 Å². The van der Waals surface area contributed by atoms with Crippen molar-refractivity contribution in [1.29, 1.82) is 0 Å². The van der Waals surface area contributed by atoms with Crippen molar-refractivity contribution in [2.24, 2.45) is 7.05 Å². The van der Waals surface area contributed by atoms with Crippen LogP contribution in [0.4, 0.5) is 0 Å². The summed E-state index contributed by atoms with van der Waals surface area (Å²) in [4.78, 5) is 10.4. The summed E-state index contributed by atoms with van der Waals surface area (Å²) in [5.41, 5.74) is -0.180. The minimum absolute atomic E-state index is 0.433. The molecule has 1 aromatic rings. The summed E-state index contributed by atoms with van der Waals surface area (Å²) in [6.07, 6.45) is 5.28. The maximum atomic E-state index is 10.4. The first-order valence-corrected chi connectivity index (χ1v) is 4.20. The standard InChI is InChI=1S/C9H14N2O2/c1-9(13,7-12)4-3-8-5-10-11(2)6-8/h5-7,13H,3-4H2,1-2H3. The number of aryl methyl sites for hydroxylation is 2. The van der Waals surface area contributed by atoms with Crippen LogP contribution < -0.4 is 0 Å². The molecule has 1 unspecified atom stereocenters. The number of aliphatic hydroxyl groups is 1. The number of rotatable bonds is 4. The van der Waals surface area contributed by atoms with Gasteiger partial charge in [0.2, 0.25) is 0 Å². The van der Waals surface area contributed by atoms with E-state index >= 15 is 0 Å². The number of aromatic nitrogens is 2. The van der Waals surface area contributed by atoms with Crippen molar-refractivity contribution in [2.45, 2.75) is 25.4 Å². The summed E-state index contributed by atoms with van der Waals surface area (Å²) in [5, 5.41) is 13.4. The molecule has 0 radical (unpaired) electrons. The highest BCUT2D eigenvalue weighted by Gasteiger charge is 2.18. The van der Waals surface area contributed by atoms with Crippen molar-refractivity contribution < 1.29 is 9.90 Å². The highest BCUT2D eigenvalue weighted by molar-refractivity contribution is 5.61. The Hall–Kier alpha value is -1.16. The molecule has 0 aliphatic heterocycles. The van der Waals surface area contributed by atoms with E-state index in [0.717, 1.165) is 5.56 Å². The Morgan fingerprint density at radius 2 is 2.46 bits per heavy atom. The van der Waals surface area contributed by atoms with E-state index in [0.29, 0.717) is 19.1 Å². The Labute approximate surface area is 77.2 Å². The fourth-order valence-corrected chi connectivity index (χ4v) is 1.06. The lowest BCUT2D eigenvalue weighted by Gasteiger charge is -2.13. The average Bonchev–Trinajstić information content (AvgIpc) is 2.48. The molecule has 72 valence electrons. The molecule has 0 aromatic carbocycles. The topological polar surface area (TPSA) is 55.1 Å². The highest BCUT2D eigenvalue weighted by atomic mass is 16.3. The molecule has 1 N–H and O–H groups in total. The van der Waals surface area contributed by atoms with Gasteiger partial charge in [-0.15, -0.1) is 0 Å². The van der Waals surface area contributed by atoms with Crippen LogP contribution in [0.5, 0.6) is 0 Å². The van der Waals surface area contributed by atoms with Crippen LogP contribution >= 0.6 is 0 Å². The van der Waals surface area contributed by atoms with Gasteiger partial charge < -0.3 is 9.90 Å². The second kappa shape index (κ2) is 3.70. The lowest BCUT2D eigenvalue weighted by atomic mass is 10.0.